The van der Waals surface area contributed by atoms with Crippen LogP contribution >= 0.6 is 0 Å². The molecule has 2 aromatic heterocycles. The number of aromatic amines is 1. The van der Waals surface area contributed by atoms with Crippen molar-refractivity contribution in [1.82, 2.24) is 20.2 Å². The fourth-order valence-corrected chi connectivity index (χ4v) is 2.31. The third kappa shape index (κ3) is 2.21. The molecule has 0 radical (unpaired) electrons. The smallest absolute Gasteiger partial charge is 0.245 e. The maximum atomic E-state index is 6.10. The van der Waals surface area contributed by atoms with Gasteiger partial charge in [0.1, 0.15) is 0 Å². The van der Waals surface area contributed by atoms with Gasteiger partial charge < -0.3 is 15.1 Å². The normalized spacial score (nSPS) is 23.8. The summed E-state index contributed by atoms with van der Waals surface area (Å²) in [6, 6.07) is 0.169. The predicted molar refractivity (Wildman–Crippen MR) is 70.6 cm³/mol. The minimum absolute atomic E-state index is 0.169. The summed E-state index contributed by atoms with van der Waals surface area (Å²) in [4.78, 5) is 10.6. The summed E-state index contributed by atoms with van der Waals surface area (Å²) in [5, 5.41) is 7.14. The lowest BCUT2D eigenvalue weighted by molar-refractivity contribution is 0.376. The number of nitrogens with two attached hydrogens (primary N) is 1. The Morgan fingerprint density at radius 1 is 1.53 bits per heavy atom. The van der Waals surface area contributed by atoms with E-state index in [1.165, 1.54) is 6.39 Å². The van der Waals surface area contributed by atoms with Gasteiger partial charge in [-0.05, 0) is 19.3 Å². The fraction of sp³-hybridized carbons (Fsp3) is 0.583. The van der Waals surface area contributed by atoms with Crippen LogP contribution in [0.5, 0.6) is 0 Å². The summed E-state index contributed by atoms with van der Waals surface area (Å²) < 4.78 is 5.30. The Morgan fingerprint density at radius 3 is 3.05 bits per heavy atom. The van der Waals surface area contributed by atoms with Crippen LogP contribution in [0.25, 0.3) is 11.6 Å². The van der Waals surface area contributed by atoms with Crippen LogP contribution in [0.3, 0.4) is 0 Å². The second-order valence-electron chi connectivity index (χ2n) is 5.13. The maximum Gasteiger partial charge on any atom is 0.245 e. The van der Waals surface area contributed by atoms with Crippen LogP contribution in [0.2, 0.25) is 0 Å². The molecule has 19 heavy (non-hydrogen) atoms. The number of piperidine rings is 1. The first-order chi connectivity index (χ1) is 9.15. The molecule has 102 valence electrons. The standard InChI is InChI=1S/C12H18N6O/c1-7-3-4-18(5-9(7)13)12-15-11(16-17-12)10-8(2)14-6-19-10/h6-7,9H,3-5,13H2,1-2H3,(H,15,16,17). The molecule has 0 amide bonds. The van der Waals surface area contributed by atoms with Crippen molar-refractivity contribution in [3.8, 4) is 11.6 Å². The van der Waals surface area contributed by atoms with Crippen LogP contribution in [0, 0.1) is 12.8 Å². The van der Waals surface area contributed by atoms with Crippen LogP contribution < -0.4 is 10.6 Å². The van der Waals surface area contributed by atoms with Crippen molar-refractivity contribution in [3.05, 3.63) is 12.1 Å². The summed E-state index contributed by atoms with van der Waals surface area (Å²) in [7, 11) is 0. The van der Waals surface area contributed by atoms with Gasteiger partial charge in [-0.15, -0.1) is 5.10 Å². The fourth-order valence-electron chi connectivity index (χ4n) is 2.31. The third-order valence-corrected chi connectivity index (χ3v) is 3.73. The van der Waals surface area contributed by atoms with Gasteiger partial charge in [-0.25, -0.2) is 4.98 Å². The van der Waals surface area contributed by atoms with Crippen molar-refractivity contribution in [2.45, 2.75) is 26.3 Å². The van der Waals surface area contributed by atoms with Crippen LogP contribution in [0.15, 0.2) is 10.8 Å². The van der Waals surface area contributed by atoms with Crippen molar-refractivity contribution in [1.29, 1.82) is 0 Å². The zero-order valence-electron chi connectivity index (χ0n) is 11.1. The Bertz CT molecular complexity index is 562. The Balaban J connectivity index is 1.80. The molecule has 0 spiro atoms. The molecule has 1 fully saturated rings. The topological polar surface area (TPSA) is 96.9 Å². The van der Waals surface area contributed by atoms with Crippen LogP contribution in [-0.2, 0) is 0 Å². The highest BCUT2D eigenvalue weighted by Gasteiger charge is 2.26. The van der Waals surface area contributed by atoms with Crippen molar-refractivity contribution >= 4 is 5.95 Å². The van der Waals surface area contributed by atoms with E-state index in [2.05, 4.69) is 32.0 Å². The van der Waals surface area contributed by atoms with Crippen molar-refractivity contribution < 1.29 is 4.42 Å². The number of H-pyrrole nitrogens is 1. The van der Waals surface area contributed by atoms with Gasteiger partial charge in [-0.3, -0.25) is 5.10 Å². The first-order valence-corrected chi connectivity index (χ1v) is 6.48. The lowest BCUT2D eigenvalue weighted by Crippen LogP contribution is -2.48. The van der Waals surface area contributed by atoms with Gasteiger partial charge in [0.25, 0.3) is 0 Å². The zero-order chi connectivity index (χ0) is 13.4. The summed E-state index contributed by atoms with van der Waals surface area (Å²) in [5.41, 5.74) is 6.89. The molecule has 1 aliphatic heterocycles. The molecule has 0 bridgehead atoms. The molecular weight excluding hydrogens is 244 g/mol. The highest BCUT2D eigenvalue weighted by Crippen LogP contribution is 2.23. The molecule has 2 unspecified atom stereocenters. The first-order valence-electron chi connectivity index (χ1n) is 6.48. The quantitative estimate of drug-likeness (QED) is 0.836. The molecule has 3 heterocycles. The molecule has 7 heteroatoms. The van der Waals surface area contributed by atoms with Gasteiger partial charge in [0.2, 0.25) is 5.95 Å². The van der Waals surface area contributed by atoms with Gasteiger partial charge in [0.15, 0.2) is 18.0 Å². The number of aromatic nitrogens is 4. The van der Waals surface area contributed by atoms with E-state index in [4.69, 9.17) is 10.2 Å². The molecule has 2 atom stereocenters. The Labute approximate surface area is 111 Å². The van der Waals surface area contributed by atoms with Crippen molar-refractivity contribution in [2.24, 2.45) is 11.7 Å². The van der Waals surface area contributed by atoms with E-state index in [1.807, 2.05) is 6.92 Å². The molecule has 1 saturated heterocycles. The Morgan fingerprint density at radius 2 is 2.37 bits per heavy atom. The average Bonchev–Trinajstić information content (AvgIpc) is 3.01. The van der Waals surface area contributed by atoms with E-state index in [0.717, 1.165) is 25.2 Å². The van der Waals surface area contributed by atoms with E-state index in [9.17, 15) is 0 Å². The summed E-state index contributed by atoms with van der Waals surface area (Å²) in [5.74, 6) is 2.46. The second kappa shape index (κ2) is 4.65. The van der Waals surface area contributed by atoms with Gasteiger partial charge in [-0.1, -0.05) is 6.92 Å². The number of aryl methyl sites for hydroxylation is 1. The number of nitrogens with zero attached hydrogens (tertiary/aromatic N) is 4. The van der Waals surface area contributed by atoms with Crippen molar-refractivity contribution in [2.75, 3.05) is 18.0 Å². The SMILES string of the molecule is Cc1ncoc1-c1nc(N2CCC(C)C(N)C2)n[nH]1. The predicted octanol–water partition coefficient (Wildman–Crippen LogP) is 0.942. The number of anilines is 1. The van der Waals surface area contributed by atoms with E-state index >= 15 is 0 Å². The third-order valence-electron chi connectivity index (χ3n) is 3.73. The molecule has 0 saturated carbocycles. The lowest BCUT2D eigenvalue weighted by atomic mass is 9.95. The second-order valence-corrected chi connectivity index (χ2v) is 5.13. The highest BCUT2D eigenvalue weighted by atomic mass is 16.3. The van der Waals surface area contributed by atoms with Crippen LogP contribution in [0.4, 0.5) is 5.95 Å². The highest BCUT2D eigenvalue weighted by molar-refractivity contribution is 5.51. The van der Waals surface area contributed by atoms with Crippen LogP contribution in [-0.4, -0.2) is 39.3 Å². The monoisotopic (exact) mass is 262 g/mol. The summed E-state index contributed by atoms with van der Waals surface area (Å²) in [6.45, 7) is 5.78. The van der Waals surface area contributed by atoms with Gasteiger partial charge >= 0.3 is 0 Å². The maximum absolute atomic E-state index is 6.10. The van der Waals surface area contributed by atoms with E-state index in [0.29, 0.717) is 23.5 Å². The van der Waals surface area contributed by atoms with E-state index in [-0.39, 0.29) is 6.04 Å². The van der Waals surface area contributed by atoms with Crippen molar-refractivity contribution in [3.63, 3.8) is 0 Å². The van der Waals surface area contributed by atoms with Gasteiger partial charge in [-0.2, -0.15) is 4.98 Å². The number of hydrogen-bond donors (Lipinski definition) is 2. The number of nitrogens with one attached hydrogen (secondary N) is 1. The first kappa shape index (κ1) is 12.2. The molecule has 3 rings (SSSR count). The summed E-state index contributed by atoms with van der Waals surface area (Å²) >= 11 is 0. The number of oxazole rings is 1. The molecule has 0 aromatic carbocycles. The van der Waals surface area contributed by atoms with Gasteiger partial charge in [0.05, 0.1) is 5.69 Å². The minimum Gasteiger partial charge on any atom is -0.440 e. The Kier molecular flexibility index (Phi) is 2.98. The molecule has 7 nitrogen and oxygen atoms in total. The average molecular weight is 262 g/mol. The van der Waals surface area contributed by atoms with Crippen LogP contribution in [0.1, 0.15) is 19.0 Å². The van der Waals surface area contributed by atoms with Gasteiger partial charge in [0, 0.05) is 19.1 Å². The lowest BCUT2D eigenvalue weighted by Gasteiger charge is -2.34. The zero-order valence-corrected chi connectivity index (χ0v) is 11.1. The Hall–Kier alpha value is -1.89. The number of rotatable bonds is 2. The number of hydrogen-bond acceptors (Lipinski definition) is 6. The molecule has 2 aromatic rings. The largest absolute Gasteiger partial charge is 0.440 e. The molecular formula is C12H18N6O. The molecule has 0 aliphatic carbocycles. The molecule has 3 N–H and O–H groups in total. The molecule has 1 aliphatic rings. The van der Waals surface area contributed by atoms with E-state index in [1.54, 1.807) is 0 Å². The summed E-state index contributed by atoms with van der Waals surface area (Å²) in [6.07, 6.45) is 2.47. The van der Waals surface area contributed by atoms with E-state index < -0.39 is 0 Å². The minimum atomic E-state index is 0.169.